The van der Waals surface area contributed by atoms with E-state index in [0.29, 0.717) is 13.1 Å². The summed E-state index contributed by atoms with van der Waals surface area (Å²) < 4.78 is 0. The molecule has 0 bridgehead atoms. The first-order chi connectivity index (χ1) is 10.8. The van der Waals surface area contributed by atoms with Crippen molar-refractivity contribution in [3.05, 3.63) is 54.2 Å². The Morgan fingerprint density at radius 1 is 1.23 bits per heavy atom. The van der Waals surface area contributed by atoms with E-state index in [0.717, 1.165) is 30.8 Å². The molecule has 0 radical (unpaired) electrons. The van der Waals surface area contributed by atoms with E-state index in [2.05, 4.69) is 20.4 Å². The summed E-state index contributed by atoms with van der Waals surface area (Å²) in [5.74, 6) is 0.986. The van der Waals surface area contributed by atoms with Gasteiger partial charge in [0.1, 0.15) is 0 Å². The minimum absolute atomic E-state index is 0.0134. The van der Waals surface area contributed by atoms with E-state index in [-0.39, 0.29) is 11.8 Å². The molecule has 2 heterocycles. The number of anilines is 1. The molecule has 0 unspecified atom stereocenters. The van der Waals surface area contributed by atoms with E-state index in [1.165, 1.54) is 0 Å². The normalized spacial score (nSPS) is 18.0. The van der Waals surface area contributed by atoms with E-state index in [4.69, 9.17) is 0 Å². The van der Waals surface area contributed by atoms with Crippen LogP contribution in [-0.4, -0.2) is 29.2 Å². The molecule has 1 aromatic heterocycles. The Morgan fingerprint density at radius 2 is 2.09 bits per heavy atom. The van der Waals surface area contributed by atoms with Crippen LogP contribution in [0.1, 0.15) is 18.4 Å². The summed E-state index contributed by atoms with van der Waals surface area (Å²) in [6.07, 6.45) is 3.59. The van der Waals surface area contributed by atoms with Crippen molar-refractivity contribution in [2.75, 3.05) is 18.0 Å². The number of piperidine rings is 1. The number of carbonyl (C=O) groups is 1. The van der Waals surface area contributed by atoms with Crippen molar-refractivity contribution >= 4 is 11.7 Å². The Hall–Kier alpha value is -2.43. The Kier molecular flexibility index (Phi) is 4.63. The minimum Gasteiger partial charge on any atom is -0.354 e. The predicted octanol–water partition coefficient (Wildman–Crippen LogP) is 2.01. The lowest BCUT2D eigenvalue weighted by Crippen LogP contribution is -2.43. The predicted molar refractivity (Wildman–Crippen MR) is 85.3 cm³/mol. The van der Waals surface area contributed by atoms with Crippen molar-refractivity contribution in [1.82, 2.24) is 15.5 Å². The zero-order chi connectivity index (χ0) is 15.2. The highest BCUT2D eigenvalue weighted by Crippen LogP contribution is 2.21. The largest absolute Gasteiger partial charge is 0.354 e. The lowest BCUT2D eigenvalue weighted by atomic mass is 9.97. The summed E-state index contributed by atoms with van der Waals surface area (Å²) in [6.45, 7) is 2.22. The molecule has 1 aromatic carbocycles. The fourth-order valence-corrected chi connectivity index (χ4v) is 2.79. The third-order valence-corrected chi connectivity index (χ3v) is 3.98. The number of rotatable bonds is 4. The van der Waals surface area contributed by atoms with Gasteiger partial charge in [0.05, 0.1) is 5.92 Å². The first-order valence-corrected chi connectivity index (χ1v) is 7.67. The van der Waals surface area contributed by atoms with E-state index in [1.54, 1.807) is 6.20 Å². The average molecular weight is 296 g/mol. The third-order valence-electron chi connectivity index (χ3n) is 3.98. The van der Waals surface area contributed by atoms with Gasteiger partial charge >= 0.3 is 0 Å². The molecule has 1 saturated heterocycles. The van der Waals surface area contributed by atoms with Crippen LogP contribution in [0.3, 0.4) is 0 Å². The molecular weight excluding hydrogens is 276 g/mol. The highest BCUT2D eigenvalue weighted by atomic mass is 16.1. The topological polar surface area (TPSA) is 58.1 Å². The Bertz CT molecular complexity index is 603. The summed E-state index contributed by atoms with van der Waals surface area (Å²) in [5.41, 5.74) is 1.12. The second-order valence-electron chi connectivity index (χ2n) is 5.57. The number of aromatic nitrogens is 2. The van der Waals surface area contributed by atoms with Gasteiger partial charge < -0.3 is 10.2 Å². The van der Waals surface area contributed by atoms with Gasteiger partial charge in [-0.25, -0.2) is 0 Å². The van der Waals surface area contributed by atoms with E-state index in [1.807, 2.05) is 42.5 Å². The van der Waals surface area contributed by atoms with Crippen LogP contribution in [0, 0.1) is 5.92 Å². The molecule has 1 fully saturated rings. The lowest BCUT2D eigenvalue weighted by molar-refractivity contribution is -0.125. The number of hydrogen-bond donors (Lipinski definition) is 1. The quantitative estimate of drug-likeness (QED) is 0.937. The molecule has 1 aliphatic heterocycles. The second-order valence-corrected chi connectivity index (χ2v) is 5.57. The van der Waals surface area contributed by atoms with Crippen molar-refractivity contribution in [3.8, 4) is 0 Å². The Labute approximate surface area is 130 Å². The highest BCUT2D eigenvalue weighted by molar-refractivity contribution is 5.79. The highest BCUT2D eigenvalue weighted by Gasteiger charge is 2.26. The van der Waals surface area contributed by atoms with Crippen molar-refractivity contribution in [2.24, 2.45) is 5.92 Å². The van der Waals surface area contributed by atoms with E-state index in [9.17, 15) is 4.79 Å². The van der Waals surface area contributed by atoms with Gasteiger partial charge in [-0.1, -0.05) is 30.3 Å². The maximum Gasteiger partial charge on any atom is 0.225 e. The van der Waals surface area contributed by atoms with Gasteiger partial charge in [-0.15, -0.1) is 5.10 Å². The molecule has 0 saturated carbocycles. The van der Waals surface area contributed by atoms with Crippen LogP contribution in [0.2, 0.25) is 0 Å². The molecule has 0 aliphatic carbocycles. The van der Waals surface area contributed by atoms with Gasteiger partial charge in [0, 0.05) is 25.8 Å². The molecule has 3 rings (SSSR count). The monoisotopic (exact) mass is 296 g/mol. The Balaban J connectivity index is 1.56. The smallest absolute Gasteiger partial charge is 0.225 e. The summed E-state index contributed by atoms with van der Waals surface area (Å²) in [4.78, 5) is 14.5. The van der Waals surface area contributed by atoms with Gasteiger partial charge in [-0.3, -0.25) is 4.79 Å². The maximum absolute atomic E-state index is 12.4. The molecule has 2 aromatic rings. The summed E-state index contributed by atoms with van der Waals surface area (Å²) in [7, 11) is 0. The molecule has 1 atom stereocenters. The van der Waals surface area contributed by atoms with Crippen molar-refractivity contribution in [1.29, 1.82) is 0 Å². The fraction of sp³-hybridized carbons (Fsp3) is 0.353. The summed E-state index contributed by atoms with van der Waals surface area (Å²) in [6, 6.07) is 13.8. The van der Waals surface area contributed by atoms with Crippen LogP contribution in [0.25, 0.3) is 0 Å². The molecule has 0 spiro atoms. The first kappa shape index (κ1) is 14.5. The summed E-state index contributed by atoms with van der Waals surface area (Å²) >= 11 is 0. The van der Waals surface area contributed by atoms with E-state index < -0.39 is 0 Å². The van der Waals surface area contributed by atoms with Crippen molar-refractivity contribution in [3.63, 3.8) is 0 Å². The molecule has 1 N–H and O–H groups in total. The zero-order valence-corrected chi connectivity index (χ0v) is 12.5. The van der Waals surface area contributed by atoms with Crippen LogP contribution in [0.5, 0.6) is 0 Å². The van der Waals surface area contributed by atoms with Gasteiger partial charge in [0.2, 0.25) is 5.91 Å². The van der Waals surface area contributed by atoms with Crippen LogP contribution >= 0.6 is 0 Å². The lowest BCUT2D eigenvalue weighted by Gasteiger charge is -2.32. The number of carbonyl (C=O) groups excluding carboxylic acids is 1. The van der Waals surface area contributed by atoms with Crippen LogP contribution in [-0.2, 0) is 11.3 Å². The third kappa shape index (κ3) is 3.61. The van der Waals surface area contributed by atoms with E-state index >= 15 is 0 Å². The SMILES string of the molecule is O=C(NCc1ccccc1)[C@@H]1CCCN(c2cccnn2)C1. The minimum atomic E-state index is 0.0134. The Morgan fingerprint density at radius 3 is 2.86 bits per heavy atom. The fourth-order valence-electron chi connectivity index (χ4n) is 2.79. The number of amides is 1. The first-order valence-electron chi connectivity index (χ1n) is 7.67. The molecular formula is C17H20N4O. The van der Waals surface area contributed by atoms with Gasteiger partial charge in [0.25, 0.3) is 0 Å². The maximum atomic E-state index is 12.4. The second kappa shape index (κ2) is 7.02. The molecule has 1 amide bonds. The van der Waals surface area contributed by atoms with Gasteiger partial charge in [-0.05, 0) is 30.5 Å². The molecule has 1 aliphatic rings. The number of benzene rings is 1. The average Bonchev–Trinajstić information content (AvgIpc) is 2.61. The van der Waals surface area contributed by atoms with Crippen molar-refractivity contribution < 1.29 is 4.79 Å². The van der Waals surface area contributed by atoms with Crippen LogP contribution in [0.4, 0.5) is 5.82 Å². The van der Waals surface area contributed by atoms with Gasteiger partial charge in [0.15, 0.2) is 5.82 Å². The number of hydrogen-bond acceptors (Lipinski definition) is 4. The van der Waals surface area contributed by atoms with Crippen LogP contribution in [0.15, 0.2) is 48.7 Å². The molecule has 114 valence electrons. The number of nitrogens with zero attached hydrogens (tertiary/aromatic N) is 3. The standard InChI is InChI=1S/C17H20N4O/c22-17(18-12-14-6-2-1-3-7-14)15-8-5-11-21(13-15)16-9-4-10-19-20-16/h1-4,6-7,9-10,15H,5,8,11-13H2,(H,18,22)/t15-/m1/s1. The van der Waals surface area contributed by atoms with Gasteiger partial charge in [-0.2, -0.15) is 5.10 Å². The molecule has 5 heteroatoms. The number of nitrogens with one attached hydrogen (secondary N) is 1. The zero-order valence-electron chi connectivity index (χ0n) is 12.5. The molecule has 5 nitrogen and oxygen atoms in total. The summed E-state index contributed by atoms with van der Waals surface area (Å²) in [5, 5.41) is 11.1. The van der Waals surface area contributed by atoms with Crippen LogP contribution < -0.4 is 10.2 Å². The molecule has 22 heavy (non-hydrogen) atoms. The van der Waals surface area contributed by atoms with Crippen molar-refractivity contribution in [2.45, 2.75) is 19.4 Å².